The minimum absolute atomic E-state index is 0.0234. The third-order valence-corrected chi connectivity index (χ3v) is 5.19. The second-order valence-electron chi connectivity index (χ2n) is 6.27. The van der Waals surface area contributed by atoms with Gasteiger partial charge < -0.3 is 0 Å². The van der Waals surface area contributed by atoms with Crippen molar-refractivity contribution in [3.05, 3.63) is 56.7 Å². The Labute approximate surface area is 172 Å². The Bertz CT molecular complexity index is 861. The standard InChI is InChI=1S/C20H21ClN2O4S/c1-13-2-10-18(28-13)17(25)9-7-16(24)8-11-19(26)22-23-20(27)12-14-3-5-15(21)6-4-14/h2-6,10H,7-9,11-12H2,1H3,(H,22,26)(H,23,27). The summed E-state index contributed by atoms with van der Waals surface area (Å²) in [6.45, 7) is 1.92. The van der Waals surface area contributed by atoms with Gasteiger partial charge in [-0.05, 0) is 36.8 Å². The van der Waals surface area contributed by atoms with E-state index < -0.39 is 5.91 Å². The Morgan fingerprint density at radius 3 is 2.14 bits per heavy atom. The van der Waals surface area contributed by atoms with Gasteiger partial charge >= 0.3 is 0 Å². The minimum atomic E-state index is -0.460. The fraction of sp³-hybridized carbons (Fsp3) is 0.300. The van der Waals surface area contributed by atoms with Crippen LogP contribution in [0.15, 0.2) is 36.4 Å². The van der Waals surface area contributed by atoms with Crippen LogP contribution in [0.25, 0.3) is 0 Å². The number of Topliss-reactive ketones (excluding diaryl/α,β-unsaturated/α-hetero) is 2. The number of hydrogen-bond acceptors (Lipinski definition) is 5. The number of amides is 2. The van der Waals surface area contributed by atoms with E-state index in [1.54, 1.807) is 30.3 Å². The third kappa shape index (κ3) is 7.62. The van der Waals surface area contributed by atoms with Gasteiger partial charge in [-0.25, -0.2) is 0 Å². The number of rotatable bonds is 9. The highest BCUT2D eigenvalue weighted by Crippen LogP contribution is 2.17. The number of benzene rings is 1. The van der Waals surface area contributed by atoms with Crippen molar-refractivity contribution in [1.82, 2.24) is 10.9 Å². The molecule has 148 valence electrons. The number of carbonyl (C=O) groups excluding carboxylic acids is 4. The van der Waals surface area contributed by atoms with E-state index in [2.05, 4.69) is 10.9 Å². The van der Waals surface area contributed by atoms with E-state index in [9.17, 15) is 19.2 Å². The summed E-state index contributed by atoms with van der Waals surface area (Å²) in [6.07, 6.45) is 0.312. The second-order valence-corrected chi connectivity index (χ2v) is 8.00. The van der Waals surface area contributed by atoms with Gasteiger partial charge in [-0.2, -0.15) is 0 Å². The van der Waals surface area contributed by atoms with E-state index in [1.807, 2.05) is 13.0 Å². The van der Waals surface area contributed by atoms with Crippen LogP contribution in [-0.4, -0.2) is 23.4 Å². The Hall–Kier alpha value is -2.51. The molecule has 1 aromatic carbocycles. The van der Waals surface area contributed by atoms with Gasteiger partial charge in [-0.3, -0.25) is 30.0 Å². The van der Waals surface area contributed by atoms with Crippen LogP contribution in [0.1, 0.15) is 45.8 Å². The van der Waals surface area contributed by atoms with Crippen molar-refractivity contribution in [2.45, 2.75) is 39.0 Å². The van der Waals surface area contributed by atoms with Crippen molar-refractivity contribution in [1.29, 1.82) is 0 Å². The van der Waals surface area contributed by atoms with Crippen molar-refractivity contribution in [3.63, 3.8) is 0 Å². The molecule has 0 unspecified atom stereocenters. The van der Waals surface area contributed by atoms with Crippen LogP contribution in [0.5, 0.6) is 0 Å². The van der Waals surface area contributed by atoms with Gasteiger partial charge in [0.05, 0.1) is 11.3 Å². The van der Waals surface area contributed by atoms with Crippen LogP contribution in [-0.2, 0) is 20.8 Å². The molecule has 0 aliphatic rings. The number of aryl methyl sites for hydroxylation is 1. The second kappa shape index (κ2) is 10.7. The van der Waals surface area contributed by atoms with Crippen LogP contribution in [0, 0.1) is 6.92 Å². The highest BCUT2D eigenvalue weighted by Gasteiger charge is 2.13. The maximum absolute atomic E-state index is 12.0. The predicted octanol–water partition coefficient (Wildman–Crippen LogP) is 3.41. The minimum Gasteiger partial charge on any atom is -0.300 e. The van der Waals surface area contributed by atoms with Crippen LogP contribution in [0.3, 0.4) is 0 Å². The van der Waals surface area contributed by atoms with Gasteiger partial charge in [-0.1, -0.05) is 23.7 Å². The predicted molar refractivity (Wildman–Crippen MR) is 108 cm³/mol. The van der Waals surface area contributed by atoms with E-state index in [-0.39, 0.29) is 49.6 Å². The molecular formula is C20H21ClN2O4S. The zero-order valence-corrected chi connectivity index (χ0v) is 17.0. The summed E-state index contributed by atoms with van der Waals surface area (Å²) in [5.41, 5.74) is 5.35. The van der Waals surface area contributed by atoms with Crippen molar-refractivity contribution in [3.8, 4) is 0 Å². The highest BCUT2D eigenvalue weighted by molar-refractivity contribution is 7.14. The summed E-state index contributed by atoms with van der Waals surface area (Å²) in [6, 6.07) is 10.4. The van der Waals surface area contributed by atoms with Gasteiger partial charge in [-0.15, -0.1) is 11.3 Å². The summed E-state index contributed by atoms with van der Waals surface area (Å²) in [4.78, 5) is 49.1. The zero-order chi connectivity index (χ0) is 20.5. The third-order valence-electron chi connectivity index (χ3n) is 3.90. The first-order valence-corrected chi connectivity index (χ1v) is 9.96. The maximum Gasteiger partial charge on any atom is 0.242 e. The molecule has 0 aliphatic heterocycles. The molecule has 0 fully saturated rings. The topological polar surface area (TPSA) is 92.3 Å². The Morgan fingerprint density at radius 2 is 1.50 bits per heavy atom. The van der Waals surface area contributed by atoms with Gasteiger partial charge in [0.2, 0.25) is 11.8 Å². The molecule has 0 atom stereocenters. The number of ketones is 2. The quantitative estimate of drug-likeness (QED) is 0.480. The van der Waals surface area contributed by atoms with Gasteiger partial charge in [0.15, 0.2) is 5.78 Å². The SMILES string of the molecule is Cc1ccc(C(=O)CCC(=O)CCC(=O)NNC(=O)Cc2ccc(Cl)cc2)s1. The summed E-state index contributed by atoms with van der Waals surface area (Å²) in [5.74, 6) is -1.06. The molecule has 28 heavy (non-hydrogen) atoms. The summed E-state index contributed by atoms with van der Waals surface area (Å²) in [7, 11) is 0. The Balaban J connectivity index is 1.62. The van der Waals surface area contributed by atoms with Crippen LogP contribution in [0.4, 0.5) is 0 Å². The molecule has 6 nitrogen and oxygen atoms in total. The van der Waals surface area contributed by atoms with Crippen LogP contribution >= 0.6 is 22.9 Å². The van der Waals surface area contributed by atoms with Crippen LogP contribution < -0.4 is 10.9 Å². The van der Waals surface area contributed by atoms with Crippen LogP contribution in [0.2, 0.25) is 5.02 Å². The molecule has 2 rings (SSSR count). The number of hydrogen-bond donors (Lipinski definition) is 2. The lowest BCUT2D eigenvalue weighted by molar-refractivity contribution is -0.129. The number of carbonyl (C=O) groups is 4. The number of thiophene rings is 1. The molecule has 0 aliphatic carbocycles. The van der Waals surface area contributed by atoms with Crippen molar-refractivity contribution in [2.24, 2.45) is 0 Å². The van der Waals surface area contributed by atoms with Crippen molar-refractivity contribution in [2.75, 3.05) is 0 Å². The average molecular weight is 421 g/mol. The largest absolute Gasteiger partial charge is 0.300 e. The Morgan fingerprint density at radius 1 is 0.857 bits per heavy atom. The normalized spacial score (nSPS) is 10.4. The monoisotopic (exact) mass is 420 g/mol. The first kappa shape index (κ1) is 21.8. The first-order chi connectivity index (χ1) is 13.3. The highest BCUT2D eigenvalue weighted by atomic mass is 35.5. The zero-order valence-electron chi connectivity index (χ0n) is 15.4. The molecular weight excluding hydrogens is 400 g/mol. The average Bonchev–Trinajstić information content (AvgIpc) is 3.11. The molecule has 2 aromatic rings. The maximum atomic E-state index is 12.0. The summed E-state index contributed by atoms with van der Waals surface area (Å²) < 4.78 is 0. The van der Waals surface area contributed by atoms with E-state index in [0.717, 1.165) is 10.4 Å². The lowest BCUT2D eigenvalue weighted by Gasteiger charge is -2.07. The Kier molecular flexibility index (Phi) is 8.35. The summed E-state index contributed by atoms with van der Waals surface area (Å²) >= 11 is 7.18. The molecule has 1 aromatic heterocycles. The molecule has 0 bridgehead atoms. The van der Waals surface area contributed by atoms with Gasteiger partial charge in [0.25, 0.3) is 0 Å². The fourth-order valence-corrected chi connectivity index (χ4v) is 3.33. The van der Waals surface area contributed by atoms with E-state index in [4.69, 9.17) is 11.6 Å². The number of nitrogens with one attached hydrogen (secondary N) is 2. The number of hydrazine groups is 1. The first-order valence-electron chi connectivity index (χ1n) is 8.77. The lowest BCUT2D eigenvalue weighted by atomic mass is 10.1. The van der Waals surface area contributed by atoms with Crippen molar-refractivity contribution < 1.29 is 19.2 Å². The lowest BCUT2D eigenvalue weighted by Crippen LogP contribution is -2.42. The molecule has 0 spiro atoms. The molecule has 1 heterocycles. The fourth-order valence-electron chi connectivity index (χ4n) is 2.37. The van der Waals surface area contributed by atoms with E-state index >= 15 is 0 Å². The molecule has 0 saturated carbocycles. The molecule has 8 heteroatoms. The molecule has 2 amide bonds. The van der Waals surface area contributed by atoms with E-state index in [1.165, 1.54) is 11.3 Å². The van der Waals surface area contributed by atoms with Gasteiger partial charge in [0, 0.05) is 35.6 Å². The van der Waals surface area contributed by atoms with Gasteiger partial charge in [0.1, 0.15) is 5.78 Å². The molecule has 0 radical (unpaired) electrons. The van der Waals surface area contributed by atoms with E-state index in [0.29, 0.717) is 9.90 Å². The smallest absolute Gasteiger partial charge is 0.242 e. The molecule has 2 N–H and O–H groups in total. The molecule has 0 saturated heterocycles. The van der Waals surface area contributed by atoms with Crippen molar-refractivity contribution >= 4 is 46.3 Å². The summed E-state index contributed by atoms with van der Waals surface area (Å²) in [5, 5.41) is 0.578. The number of halogens is 1.